The van der Waals surface area contributed by atoms with Crippen LogP contribution >= 0.6 is 0 Å². The third-order valence-electron chi connectivity index (χ3n) is 7.31. The third-order valence-corrected chi connectivity index (χ3v) is 7.31. The first-order chi connectivity index (χ1) is 18.8. The molecule has 0 saturated carbocycles. The topological polar surface area (TPSA) is 70.2 Å². The summed E-state index contributed by atoms with van der Waals surface area (Å²) in [7, 11) is 3.28. The first kappa shape index (κ1) is 28.0. The number of halogens is 1. The number of benzene rings is 3. The number of amides is 2. The number of methoxy groups -OCH3 is 1. The SMILES string of the molecule is COc1cccc(N(CCN2CCC(C(=O)c3ccc(F)cc3)CC2)C(=O)c2ccc(N(C)C(C)=O)cc2)c1. The molecule has 0 bridgehead atoms. The van der Waals surface area contributed by atoms with Crippen molar-refractivity contribution < 1.29 is 23.5 Å². The van der Waals surface area contributed by atoms with Crippen LogP contribution in [0.3, 0.4) is 0 Å². The maximum atomic E-state index is 13.7. The molecular weight excluding hydrogens is 497 g/mol. The van der Waals surface area contributed by atoms with Crippen molar-refractivity contribution in [2.24, 2.45) is 5.92 Å². The van der Waals surface area contributed by atoms with Crippen molar-refractivity contribution in [1.82, 2.24) is 4.90 Å². The second-order valence-electron chi connectivity index (χ2n) is 9.77. The number of ether oxygens (including phenoxy) is 1. The Hall–Kier alpha value is -4.04. The summed E-state index contributed by atoms with van der Waals surface area (Å²) in [6, 6.07) is 20.1. The zero-order valence-electron chi connectivity index (χ0n) is 22.6. The van der Waals surface area contributed by atoms with Gasteiger partial charge in [0.15, 0.2) is 5.78 Å². The van der Waals surface area contributed by atoms with Gasteiger partial charge >= 0.3 is 0 Å². The molecule has 1 aliphatic heterocycles. The van der Waals surface area contributed by atoms with E-state index in [2.05, 4.69) is 4.90 Å². The lowest BCUT2D eigenvalue weighted by molar-refractivity contribution is -0.116. The number of carbonyl (C=O) groups is 3. The van der Waals surface area contributed by atoms with Crippen LogP contribution < -0.4 is 14.5 Å². The van der Waals surface area contributed by atoms with Crippen LogP contribution in [-0.4, -0.2) is 62.8 Å². The Morgan fingerprint density at radius 1 is 0.923 bits per heavy atom. The lowest BCUT2D eigenvalue weighted by atomic mass is 9.89. The van der Waals surface area contributed by atoms with E-state index in [9.17, 15) is 18.8 Å². The van der Waals surface area contributed by atoms with Crippen molar-refractivity contribution in [3.63, 3.8) is 0 Å². The molecular formula is C31H34FN3O4. The summed E-state index contributed by atoms with van der Waals surface area (Å²) in [5.74, 6) is 0.0350. The molecule has 1 fully saturated rings. The second kappa shape index (κ2) is 12.7. The Morgan fingerprint density at radius 3 is 2.18 bits per heavy atom. The van der Waals surface area contributed by atoms with Crippen molar-refractivity contribution in [3.8, 4) is 5.75 Å². The van der Waals surface area contributed by atoms with E-state index < -0.39 is 0 Å². The average Bonchev–Trinajstić information content (AvgIpc) is 2.97. The molecule has 1 heterocycles. The maximum Gasteiger partial charge on any atom is 0.258 e. The summed E-state index contributed by atoms with van der Waals surface area (Å²) in [5.41, 5.74) is 2.50. The largest absolute Gasteiger partial charge is 0.497 e. The van der Waals surface area contributed by atoms with Crippen LogP contribution in [0.5, 0.6) is 5.75 Å². The van der Waals surface area contributed by atoms with Crippen molar-refractivity contribution in [2.75, 3.05) is 50.1 Å². The van der Waals surface area contributed by atoms with Crippen LogP contribution in [0, 0.1) is 11.7 Å². The summed E-state index contributed by atoms with van der Waals surface area (Å²) in [6.45, 7) is 4.07. The van der Waals surface area contributed by atoms with E-state index in [-0.39, 0.29) is 29.3 Å². The van der Waals surface area contributed by atoms with E-state index in [1.807, 2.05) is 24.3 Å². The molecule has 0 radical (unpaired) electrons. The summed E-state index contributed by atoms with van der Waals surface area (Å²) < 4.78 is 18.6. The van der Waals surface area contributed by atoms with Crippen molar-refractivity contribution in [2.45, 2.75) is 19.8 Å². The van der Waals surface area contributed by atoms with Gasteiger partial charge in [-0.1, -0.05) is 6.07 Å². The number of likely N-dealkylation sites (tertiary alicyclic amines) is 1. The Balaban J connectivity index is 1.44. The van der Waals surface area contributed by atoms with Gasteiger partial charge in [-0.2, -0.15) is 0 Å². The van der Waals surface area contributed by atoms with E-state index in [4.69, 9.17) is 4.74 Å². The molecule has 39 heavy (non-hydrogen) atoms. The van der Waals surface area contributed by atoms with Gasteiger partial charge < -0.3 is 19.4 Å². The Kier molecular flexibility index (Phi) is 9.09. The normalized spacial score (nSPS) is 14.1. The fourth-order valence-corrected chi connectivity index (χ4v) is 4.80. The molecule has 3 aromatic rings. The minimum atomic E-state index is -0.351. The van der Waals surface area contributed by atoms with Gasteiger partial charge in [0.1, 0.15) is 11.6 Å². The standard InChI is InChI=1S/C31H34FN3O4/c1-22(36)33(2)27-13-9-25(10-14-27)31(38)35(28-5-4-6-29(21-28)39-3)20-19-34-17-15-24(16-18-34)30(37)23-7-11-26(32)12-8-23/h4-14,21,24H,15-20H2,1-3H3. The monoisotopic (exact) mass is 531 g/mol. The molecule has 0 unspecified atom stereocenters. The summed E-state index contributed by atoms with van der Waals surface area (Å²) in [6.07, 6.45) is 1.43. The number of piperidine rings is 1. The number of carbonyl (C=O) groups excluding carboxylic acids is 3. The number of ketones is 1. The van der Waals surface area contributed by atoms with Crippen LogP contribution in [0.4, 0.5) is 15.8 Å². The lowest BCUT2D eigenvalue weighted by Crippen LogP contribution is -2.42. The van der Waals surface area contributed by atoms with E-state index >= 15 is 0 Å². The predicted octanol–water partition coefficient (Wildman–Crippen LogP) is 5.06. The van der Waals surface area contributed by atoms with E-state index in [0.29, 0.717) is 48.5 Å². The smallest absolute Gasteiger partial charge is 0.258 e. The Bertz CT molecular complexity index is 1300. The van der Waals surface area contributed by atoms with Crippen LogP contribution in [-0.2, 0) is 4.79 Å². The minimum absolute atomic E-state index is 0.0571. The maximum absolute atomic E-state index is 13.7. The molecule has 1 aliphatic rings. The quantitative estimate of drug-likeness (QED) is 0.361. The molecule has 0 aliphatic carbocycles. The highest BCUT2D eigenvalue weighted by Crippen LogP contribution is 2.25. The predicted molar refractivity (Wildman–Crippen MR) is 150 cm³/mol. The second-order valence-corrected chi connectivity index (χ2v) is 9.77. The van der Waals surface area contributed by atoms with Crippen LogP contribution in [0.2, 0.25) is 0 Å². The molecule has 0 aromatic heterocycles. The van der Waals surface area contributed by atoms with E-state index in [1.165, 1.54) is 24.0 Å². The first-order valence-electron chi connectivity index (χ1n) is 13.1. The van der Waals surface area contributed by atoms with Crippen molar-refractivity contribution in [1.29, 1.82) is 0 Å². The molecule has 204 valence electrons. The van der Waals surface area contributed by atoms with Crippen molar-refractivity contribution >= 4 is 29.0 Å². The molecule has 0 N–H and O–H groups in total. The van der Waals surface area contributed by atoms with Gasteiger partial charge in [-0.15, -0.1) is 0 Å². The summed E-state index contributed by atoms with van der Waals surface area (Å²) >= 11 is 0. The highest BCUT2D eigenvalue weighted by atomic mass is 19.1. The van der Waals surface area contributed by atoms with Gasteiger partial charge in [-0.3, -0.25) is 14.4 Å². The Labute approximate surface area is 228 Å². The highest BCUT2D eigenvalue weighted by Gasteiger charge is 2.27. The molecule has 8 heteroatoms. The van der Waals surface area contributed by atoms with Gasteiger partial charge in [0.05, 0.1) is 7.11 Å². The lowest BCUT2D eigenvalue weighted by Gasteiger charge is -2.33. The zero-order chi connectivity index (χ0) is 27.9. The third kappa shape index (κ3) is 6.89. The number of hydrogen-bond acceptors (Lipinski definition) is 5. The molecule has 2 amide bonds. The number of nitrogens with zero attached hydrogens (tertiary/aromatic N) is 3. The van der Waals surface area contributed by atoms with Gasteiger partial charge in [0, 0.05) is 61.5 Å². The number of Topliss-reactive ketones (excluding diaryl/α,β-unsaturated/α-hetero) is 1. The molecule has 4 rings (SSSR count). The minimum Gasteiger partial charge on any atom is -0.497 e. The van der Waals surface area contributed by atoms with E-state index in [0.717, 1.165) is 18.8 Å². The molecule has 3 aromatic carbocycles. The zero-order valence-corrected chi connectivity index (χ0v) is 22.6. The molecule has 0 atom stereocenters. The Morgan fingerprint density at radius 2 is 1.56 bits per heavy atom. The average molecular weight is 532 g/mol. The van der Waals surface area contributed by atoms with Crippen LogP contribution in [0.15, 0.2) is 72.8 Å². The number of anilines is 2. The number of rotatable bonds is 9. The first-order valence-corrected chi connectivity index (χ1v) is 13.1. The van der Waals surface area contributed by atoms with Crippen LogP contribution in [0.25, 0.3) is 0 Å². The van der Waals surface area contributed by atoms with Crippen LogP contribution in [0.1, 0.15) is 40.5 Å². The molecule has 1 saturated heterocycles. The molecule has 0 spiro atoms. The summed E-state index contributed by atoms with van der Waals surface area (Å²) in [5, 5.41) is 0. The number of hydrogen-bond donors (Lipinski definition) is 0. The van der Waals surface area contributed by atoms with Gasteiger partial charge in [-0.25, -0.2) is 4.39 Å². The van der Waals surface area contributed by atoms with Gasteiger partial charge in [0.2, 0.25) is 5.91 Å². The van der Waals surface area contributed by atoms with Crippen molar-refractivity contribution in [3.05, 3.63) is 89.7 Å². The highest BCUT2D eigenvalue weighted by molar-refractivity contribution is 6.06. The van der Waals surface area contributed by atoms with Gasteiger partial charge in [0.25, 0.3) is 5.91 Å². The fraction of sp³-hybridized carbons (Fsp3) is 0.323. The van der Waals surface area contributed by atoms with E-state index in [1.54, 1.807) is 55.5 Å². The molecule has 7 nitrogen and oxygen atoms in total. The van der Waals surface area contributed by atoms with Gasteiger partial charge in [-0.05, 0) is 86.6 Å². The fourth-order valence-electron chi connectivity index (χ4n) is 4.80. The summed E-state index contributed by atoms with van der Waals surface area (Å²) in [4.78, 5) is 43.7.